The van der Waals surface area contributed by atoms with Crippen molar-refractivity contribution in [3.8, 4) is 5.75 Å². The second-order valence-corrected chi connectivity index (χ2v) is 7.12. The Balaban J connectivity index is 2.47. The van der Waals surface area contributed by atoms with Crippen LogP contribution >= 0.6 is 0 Å². The highest BCUT2D eigenvalue weighted by atomic mass is 16.5. The molecule has 2 unspecified atom stereocenters. The Morgan fingerprint density at radius 3 is 2.27 bits per heavy atom. The zero-order valence-electron chi connectivity index (χ0n) is 14.9. The maximum atomic E-state index is 11.1. The van der Waals surface area contributed by atoms with Gasteiger partial charge in [-0.3, -0.25) is 4.90 Å². The highest BCUT2D eigenvalue weighted by molar-refractivity contribution is 5.47. The van der Waals surface area contributed by atoms with Crippen LogP contribution in [0.2, 0.25) is 0 Å². The second-order valence-electron chi connectivity index (χ2n) is 7.12. The third-order valence-corrected chi connectivity index (χ3v) is 4.59. The molecule has 0 saturated heterocycles. The van der Waals surface area contributed by atoms with Gasteiger partial charge < -0.3 is 9.84 Å². The average Bonchev–Trinajstić information content (AvgIpc) is 2.36. The van der Waals surface area contributed by atoms with Crippen molar-refractivity contribution in [3.05, 3.63) is 28.8 Å². The summed E-state index contributed by atoms with van der Waals surface area (Å²) in [6.07, 6.45) is 1.66. The Morgan fingerprint density at radius 2 is 1.73 bits per heavy atom. The highest BCUT2D eigenvalue weighted by Gasteiger charge is 2.46. The lowest BCUT2D eigenvalue weighted by atomic mass is 9.82. The van der Waals surface area contributed by atoms with Crippen molar-refractivity contribution in [3.63, 3.8) is 0 Å². The Bertz CT molecular complexity index is 518. The molecular formula is C19H31NO2. The molecule has 3 heteroatoms. The molecule has 124 valence electrons. The van der Waals surface area contributed by atoms with E-state index in [2.05, 4.69) is 52.5 Å². The van der Waals surface area contributed by atoms with E-state index in [0.29, 0.717) is 0 Å². The van der Waals surface area contributed by atoms with Crippen LogP contribution in [0.4, 0.5) is 0 Å². The molecule has 1 aliphatic heterocycles. The van der Waals surface area contributed by atoms with E-state index in [9.17, 15) is 5.11 Å². The third-order valence-electron chi connectivity index (χ3n) is 4.59. The maximum Gasteiger partial charge on any atom is 0.126 e. The van der Waals surface area contributed by atoms with Crippen molar-refractivity contribution in [1.29, 1.82) is 0 Å². The van der Waals surface area contributed by atoms with Gasteiger partial charge in [-0.15, -0.1) is 0 Å². The topological polar surface area (TPSA) is 32.7 Å². The third kappa shape index (κ3) is 3.16. The van der Waals surface area contributed by atoms with Crippen molar-refractivity contribution in [2.24, 2.45) is 0 Å². The number of fused-ring (bicyclic) bond motifs is 1. The van der Waals surface area contributed by atoms with Crippen LogP contribution in [-0.4, -0.2) is 34.7 Å². The van der Waals surface area contributed by atoms with E-state index >= 15 is 0 Å². The molecule has 3 nitrogen and oxygen atoms in total. The number of benzene rings is 1. The summed E-state index contributed by atoms with van der Waals surface area (Å²) >= 11 is 0. The second kappa shape index (κ2) is 6.59. The van der Waals surface area contributed by atoms with Crippen LogP contribution in [0, 0.1) is 13.8 Å². The first-order chi connectivity index (χ1) is 10.3. The smallest absolute Gasteiger partial charge is 0.126 e. The van der Waals surface area contributed by atoms with E-state index in [0.717, 1.165) is 42.8 Å². The van der Waals surface area contributed by atoms with Crippen LogP contribution in [0.1, 0.15) is 63.3 Å². The maximum absolute atomic E-state index is 11.1. The number of aryl methyl sites for hydroxylation is 2. The summed E-state index contributed by atoms with van der Waals surface area (Å²) in [5, 5.41) is 11.1. The summed E-state index contributed by atoms with van der Waals surface area (Å²) in [5.74, 6) is 0.846. The van der Waals surface area contributed by atoms with Gasteiger partial charge in [0.1, 0.15) is 17.5 Å². The number of nitrogens with zero attached hydrogens (tertiary/aromatic N) is 1. The molecule has 2 rings (SSSR count). The normalized spacial score (nSPS) is 23.3. The Morgan fingerprint density at radius 1 is 1.14 bits per heavy atom. The summed E-state index contributed by atoms with van der Waals surface area (Å²) in [6.45, 7) is 14.7. The fourth-order valence-corrected chi connectivity index (χ4v) is 3.89. The van der Waals surface area contributed by atoms with Gasteiger partial charge in [0.25, 0.3) is 0 Å². The largest absolute Gasteiger partial charge is 0.486 e. The van der Waals surface area contributed by atoms with Gasteiger partial charge in [0.05, 0.1) is 6.04 Å². The molecule has 0 radical (unpaired) electrons. The van der Waals surface area contributed by atoms with Gasteiger partial charge in [0, 0.05) is 5.56 Å². The molecule has 2 atom stereocenters. The van der Waals surface area contributed by atoms with E-state index in [1.54, 1.807) is 0 Å². The van der Waals surface area contributed by atoms with Crippen LogP contribution in [-0.2, 0) is 0 Å². The van der Waals surface area contributed by atoms with Crippen molar-refractivity contribution in [2.75, 3.05) is 13.1 Å². The molecular weight excluding hydrogens is 274 g/mol. The summed E-state index contributed by atoms with van der Waals surface area (Å²) in [4.78, 5) is 2.40. The first kappa shape index (κ1) is 17.3. The Kier molecular flexibility index (Phi) is 5.18. The first-order valence-electron chi connectivity index (χ1n) is 8.54. The van der Waals surface area contributed by atoms with E-state index < -0.39 is 11.7 Å². The van der Waals surface area contributed by atoms with Crippen LogP contribution in [0.3, 0.4) is 0 Å². The molecule has 1 heterocycles. The molecule has 1 aromatic rings. The minimum absolute atomic E-state index is 0.0127. The van der Waals surface area contributed by atoms with Crippen LogP contribution < -0.4 is 4.74 Å². The number of rotatable bonds is 5. The van der Waals surface area contributed by atoms with Gasteiger partial charge in [-0.05, 0) is 70.8 Å². The van der Waals surface area contributed by atoms with E-state index in [4.69, 9.17) is 4.74 Å². The number of hydrogen-bond acceptors (Lipinski definition) is 3. The summed E-state index contributed by atoms with van der Waals surface area (Å²) in [6, 6.07) is 4.17. The molecule has 1 aromatic carbocycles. The lowest BCUT2D eigenvalue weighted by Crippen LogP contribution is -2.58. The molecule has 1 aliphatic rings. The van der Waals surface area contributed by atoms with Crippen molar-refractivity contribution in [1.82, 2.24) is 4.90 Å². The lowest BCUT2D eigenvalue weighted by molar-refractivity contribution is -0.0830. The van der Waals surface area contributed by atoms with Crippen LogP contribution in [0.15, 0.2) is 12.1 Å². The molecule has 0 aromatic heterocycles. The Hall–Kier alpha value is -1.06. The van der Waals surface area contributed by atoms with Gasteiger partial charge in [-0.2, -0.15) is 0 Å². The number of ether oxygens (including phenoxy) is 1. The van der Waals surface area contributed by atoms with E-state index in [1.807, 2.05) is 6.07 Å². The summed E-state index contributed by atoms with van der Waals surface area (Å²) in [7, 11) is 0. The number of aliphatic hydroxyl groups is 1. The fraction of sp³-hybridized carbons (Fsp3) is 0.684. The number of aliphatic hydroxyl groups excluding tert-OH is 1. The predicted molar refractivity (Wildman–Crippen MR) is 91.5 cm³/mol. The quantitative estimate of drug-likeness (QED) is 0.892. The Labute approximate surface area is 135 Å². The zero-order chi connectivity index (χ0) is 16.5. The van der Waals surface area contributed by atoms with Crippen molar-refractivity contribution < 1.29 is 9.84 Å². The predicted octanol–water partition coefficient (Wildman–Crippen LogP) is 4.00. The standard InChI is InChI=1S/C19H31NO2/c1-7-9-20(10-8-2)18-17(21)16-14(4)11-13(3)12-15(16)22-19(18,5)6/h11-12,17-18,21H,7-10H2,1-6H3. The molecule has 0 fully saturated rings. The highest BCUT2D eigenvalue weighted by Crippen LogP contribution is 2.44. The molecule has 0 amide bonds. The minimum Gasteiger partial charge on any atom is -0.486 e. The van der Waals surface area contributed by atoms with Gasteiger partial charge >= 0.3 is 0 Å². The van der Waals surface area contributed by atoms with Crippen LogP contribution in [0.5, 0.6) is 5.75 Å². The SMILES string of the molecule is CCCN(CCC)C1C(O)c2c(C)cc(C)cc2OC1(C)C. The molecule has 0 saturated carbocycles. The molecule has 0 aliphatic carbocycles. The molecule has 0 spiro atoms. The van der Waals surface area contributed by atoms with Gasteiger partial charge in [-0.25, -0.2) is 0 Å². The monoisotopic (exact) mass is 305 g/mol. The minimum atomic E-state index is -0.502. The fourth-order valence-electron chi connectivity index (χ4n) is 3.89. The van der Waals surface area contributed by atoms with Crippen molar-refractivity contribution in [2.45, 2.75) is 72.1 Å². The molecule has 0 bridgehead atoms. The van der Waals surface area contributed by atoms with Crippen molar-refractivity contribution >= 4 is 0 Å². The van der Waals surface area contributed by atoms with Gasteiger partial charge in [0.15, 0.2) is 0 Å². The average molecular weight is 305 g/mol. The first-order valence-corrected chi connectivity index (χ1v) is 8.54. The lowest BCUT2D eigenvalue weighted by Gasteiger charge is -2.48. The number of hydrogen-bond donors (Lipinski definition) is 1. The summed E-state index contributed by atoms with van der Waals surface area (Å²) in [5.41, 5.74) is 2.86. The zero-order valence-corrected chi connectivity index (χ0v) is 14.9. The summed E-state index contributed by atoms with van der Waals surface area (Å²) < 4.78 is 6.34. The van der Waals surface area contributed by atoms with E-state index in [1.165, 1.54) is 5.56 Å². The molecule has 1 N–H and O–H groups in total. The molecule has 22 heavy (non-hydrogen) atoms. The van der Waals surface area contributed by atoms with E-state index in [-0.39, 0.29) is 6.04 Å². The van der Waals surface area contributed by atoms with Gasteiger partial charge in [0.2, 0.25) is 0 Å². The van der Waals surface area contributed by atoms with Gasteiger partial charge in [-0.1, -0.05) is 19.9 Å². The van der Waals surface area contributed by atoms with Crippen LogP contribution in [0.25, 0.3) is 0 Å².